The van der Waals surface area contributed by atoms with Gasteiger partial charge in [0, 0.05) is 10.5 Å². The monoisotopic (exact) mass is 311 g/mol. The smallest absolute Gasteiger partial charge is 0.159 e. The Morgan fingerprint density at radius 1 is 1.22 bits per heavy atom. The first-order valence-corrected chi connectivity index (χ1v) is 7.13. The van der Waals surface area contributed by atoms with Crippen molar-refractivity contribution >= 4 is 5.78 Å². The third-order valence-corrected chi connectivity index (χ3v) is 3.36. The minimum absolute atomic E-state index is 0.0240. The zero-order valence-corrected chi connectivity index (χ0v) is 12.7. The number of azide groups is 1. The van der Waals surface area contributed by atoms with Gasteiger partial charge in [-0.1, -0.05) is 35.4 Å². The molecule has 6 heteroatoms. The molecule has 0 amide bonds. The highest BCUT2D eigenvalue weighted by atomic mass is 16.5. The largest absolute Gasteiger partial charge is 0.491 e. The first-order chi connectivity index (χ1) is 11.1. The van der Waals surface area contributed by atoms with Crippen LogP contribution in [0, 0.1) is 0 Å². The van der Waals surface area contributed by atoms with Gasteiger partial charge in [0.1, 0.15) is 18.5 Å². The van der Waals surface area contributed by atoms with Crippen molar-refractivity contribution in [1.29, 1.82) is 0 Å². The van der Waals surface area contributed by atoms with Crippen molar-refractivity contribution in [1.82, 2.24) is 0 Å². The Hall–Kier alpha value is -2.82. The van der Waals surface area contributed by atoms with Gasteiger partial charge < -0.3 is 9.84 Å². The van der Waals surface area contributed by atoms with Crippen LogP contribution in [0.15, 0.2) is 59.7 Å². The van der Waals surface area contributed by atoms with Crippen molar-refractivity contribution < 1.29 is 14.6 Å². The van der Waals surface area contributed by atoms with Gasteiger partial charge in [0.25, 0.3) is 0 Å². The second-order valence-corrected chi connectivity index (χ2v) is 5.02. The second kappa shape index (κ2) is 7.98. The van der Waals surface area contributed by atoms with Gasteiger partial charge in [-0.05, 0) is 42.3 Å². The summed E-state index contributed by atoms with van der Waals surface area (Å²) in [7, 11) is 0. The Balaban J connectivity index is 2.03. The molecule has 2 aromatic carbocycles. The maximum absolute atomic E-state index is 11.2. The fourth-order valence-electron chi connectivity index (χ4n) is 2.13. The zero-order valence-electron chi connectivity index (χ0n) is 12.7. The number of aliphatic hydroxyl groups is 1. The summed E-state index contributed by atoms with van der Waals surface area (Å²) in [5.41, 5.74) is 10.00. The van der Waals surface area contributed by atoms with Gasteiger partial charge in [0.05, 0.1) is 6.04 Å². The molecule has 0 spiro atoms. The lowest BCUT2D eigenvalue weighted by Gasteiger charge is -2.19. The molecule has 2 aromatic rings. The number of rotatable bonds is 7. The van der Waals surface area contributed by atoms with Crippen LogP contribution in [0.2, 0.25) is 0 Å². The number of carbonyl (C=O) groups is 1. The van der Waals surface area contributed by atoms with Gasteiger partial charge in [-0.15, -0.1) is 0 Å². The van der Waals surface area contributed by atoms with E-state index in [9.17, 15) is 9.90 Å². The van der Waals surface area contributed by atoms with E-state index in [1.807, 2.05) is 18.2 Å². The van der Waals surface area contributed by atoms with Crippen molar-refractivity contribution in [2.24, 2.45) is 5.11 Å². The summed E-state index contributed by atoms with van der Waals surface area (Å²) < 4.78 is 5.51. The lowest BCUT2D eigenvalue weighted by molar-refractivity contribution is 0.0852. The fraction of sp³-hybridized carbons (Fsp3) is 0.235. The minimum Gasteiger partial charge on any atom is -0.491 e. The summed E-state index contributed by atoms with van der Waals surface area (Å²) in [6, 6.07) is 14.9. The summed E-state index contributed by atoms with van der Waals surface area (Å²) in [4.78, 5) is 14.0. The Bertz CT molecular complexity index is 695. The van der Waals surface area contributed by atoms with Gasteiger partial charge in [0.2, 0.25) is 0 Å². The molecule has 2 rings (SSSR count). The van der Waals surface area contributed by atoms with E-state index in [-0.39, 0.29) is 12.4 Å². The molecular formula is C17H17N3O3. The molecule has 0 bridgehead atoms. The topological polar surface area (TPSA) is 95.3 Å². The third-order valence-electron chi connectivity index (χ3n) is 3.36. The molecule has 0 aliphatic rings. The van der Waals surface area contributed by atoms with Gasteiger partial charge in [0.15, 0.2) is 5.78 Å². The predicted molar refractivity (Wildman–Crippen MR) is 86.3 cm³/mol. The SMILES string of the molecule is CC(=O)c1ccc(OC[C@@H](O)[C@H](N=[N+]=[N-])c2ccccc2)cc1. The van der Waals surface area contributed by atoms with E-state index < -0.39 is 12.1 Å². The summed E-state index contributed by atoms with van der Waals surface area (Å²) in [6.07, 6.45) is -0.985. The lowest BCUT2D eigenvalue weighted by atomic mass is 10.0. The standard InChI is InChI=1S/C17H17N3O3/c1-12(21)13-7-9-15(10-8-13)23-11-16(22)17(19-20-18)14-5-3-2-4-6-14/h2-10,16-17,22H,11H2,1H3/t16-,17-/m1/s1. The van der Waals surface area contributed by atoms with Crippen molar-refractivity contribution in [2.75, 3.05) is 6.61 Å². The molecule has 1 N–H and O–H groups in total. The predicted octanol–water partition coefficient (Wildman–Crippen LogP) is 3.68. The quantitative estimate of drug-likeness (QED) is 0.365. The average molecular weight is 311 g/mol. The van der Waals surface area contributed by atoms with Crippen LogP contribution in [0.4, 0.5) is 0 Å². The van der Waals surface area contributed by atoms with Crippen molar-refractivity contribution in [3.05, 3.63) is 76.2 Å². The summed E-state index contributed by atoms with van der Waals surface area (Å²) in [6.45, 7) is 1.46. The normalized spacial score (nSPS) is 12.8. The maximum atomic E-state index is 11.2. The lowest BCUT2D eigenvalue weighted by Crippen LogP contribution is -2.24. The fourth-order valence-corrected chi connectivity index (χ4v) is 2.13. The average Bonchev–Trinajstić information content (AvgIpc) is 2.58. The molecule has 6 nitrogen and oxygen atoms in total. The zero-order chi connectivity index (χ0) is 16.7. The number of carbonyl (C=O) groups excluding carboxylic acids is 1. The Labute approximate surface area is 134 Å². The van der Waals surface area contributed by atoms with E-state index in [1.54, 1.807) is 36.4 Å². The van der Waals surface area contributed by atoms with Crippen LogP contribution in [0.1, 0.15) is 28.9 Å². The minimum atomic E-state index is -0.985. The number of Topliss-reactive ketones (excluding diaryl/α,β-unsaturated/α-hetero) is 1. The van der Waals surface area contributed by atoms with Crippen LogP contribution < -0.4 is 4.74 Å². The maximum Gasteiger partial charge on any atom is 0.159 e. The Morgan fingerprint density at radius 3 is 2.43 bits per heavy atom. The third kappa shape index (κ3) is 4.57. The van der Waals surface area contributed by atoms with Crippen LogP contribution >= 0.6 is 0 Å². The van der Waals surface area contributed by atoms with Gasteiger partial charge in [-0.3, -0.25) is 4.79 Å². The van der Waals surface area contributed by atoms with Crippen LogP contribution in [0.5, 0.6) is 5.75 Å². The van der Waals surface area contributed by atoms with Crippen LogP contribution in [-0.4, -0.2) is 23.6 Å². The van der Waals surface area contributed by atoms with E-state index in [0.717, 1.165) is 0 Å². The number of ether oxygens (including phenoxy) is 1. The van der Waals surface area contributed by atoms with E-state index in [1.165, 1.54) is 6.92 Å². The summed E-state index contributed by atoms with van der Waals surface area (Å²) in [5, 5.41) is 13.9. The van der Waals surface area contributed by atoms with Crippen molar-refractivity contribution in [3.63, 3.8) is 0 Å². The molecule has 0 saturated carbocycles. The second-order valence-electron chi connectivity index (χ2n) is 5.02. The van der Waals surface area contributed by atoms with Crippen LogP contribution in [0.3, 0.4) is 0 Å². The molecule has 118 valence electrons. The number of benzene rings is 2. The molecule has 0 aromatic heterocycles. The van der Waals surface area contributed by atoms with Gasteiger partial charge >= 0.3 is 0 Å². The molecule has 23 heavy (non-hydrogen) atoms. The summed E-state index contributed by atoms with van der Waals surface area (Å²) in [5.74, 6) is 0.505. The Morgan fingerprint density at radius 2 is 1.87 bits per heavy atom. The van der Waals surface area contributed by atoms with Crippen molar-refractivity contribution in [3.8, 4) is 5.75 Å². The number of aliphatic hydroxyl groups excluding tert-OH is 1. The first kappa shape index (κ1) is 16.5. The van der Waals surface area contributed by atoms with Gasteiger partial charge in [-0.2, -0.15) is 0 Å². The van der Waals surface area contributed by atoms with Crippen molar-refractivity contribution in [2.45, 2.75) is 19.1 Å². The number of hydrogen-bond donors (Lipinski definition) is 1. The van der Waals surface area contributed by atoms with E-state index in [2.05, 4.69) is 10.0 Å². The highest BCUT2D eigenvalue weighted by Crippen LogP contribution is 2.22. The molecule has 0 saturated heterocycles. The highest BCUT2D eigenvalue weighted by Gasteiger charge is 2.20. The molecule has 2 atom stereocenters. The highest BCUT2D eigenvalue weighted by molar-refractivity contribution is 5.94. The van der Waals surface area contributed by atoms with E-state index >= 15 is 0 Å². The molecular weight excluding hydrogens is 294 g/mol. The number of nitrogens with zero attached hydrogens (tertiary/aromatic N) is 3. The summed E-state index contributed by atoms with van der Waals surface area (Å²) >= 11 is 0. The molecule has 0 aliphatic carbocycles. The molecule has 0 unspecified atom stereocenters. The molecule has 0 radical (unpaired) electrons. The molecule has 0 heterocycles. The van der Waals surface area contributed by atoms with Gasteiger partial charge in [-0.25, -0.2) is 0 Å². The van der Waals surface area contributed by atoms with E-state index in [0.29, 0.717) is 16.9 Å². The number of ketones is 1. The van der Waals surface area contributed by atoms with Crippen LogP contribution in [-0.2, 0) is 0 Å². The van der Waals surface area contributed by atoms with E-state index in [4.69, 9.17) is 10.3 Å². The Kier molecular flexibility index (Phi) is 5.74. The number of hydrogen-bond acceptors (Lipinski definition) is 4. The van der Waals surface area contributed by atoms with Crippen LogP contribution in [0.25, 0.3) is 10.4 Å². The molecule has 0 aliphatic heterocycles. The first-order valence-electron chi connectivity index (χ1n) is 7.13. The molecule has 0 fully saturated rings.